The number of carbonyl (C=O) groups excluding carboxylic acids is 8. The van der Waals surface area contributed by atoms with E-state index in [-0.39, 0.29) is 83.2 Å². The third-order valence-electron chi connectivity index (χ3n) is 11.6. The molecule has 60 heavy (non-hydrogen) atoms. The van der Waals surface area contributed by atoms with Gasteiger partial charge in [0, 0.05) is 72.1 Å². The van der Waals surface area contributed by atoms with Gasteiger partial charge in [0.15, 0.2) is 0 Å². The van der Waals surface area contributed by atoms with Gasteiger partial charge in [-0.2, -0.15) is 0 Å². The van der Waals surface area contributed by atoms with Gasteiger partial charge in [0.1, 0.15) is 12.1 Å². The van der Waals surface area contributed by atoms with Crippen LogP contribution in [-0.4, -0.2) is 127 Å². The maximum Gasteiger partial charge on any atom is 0.270 e. The molecule has 306 valence electrons. The van der Waals surface area contributed by atoms with Crippen molar-refractivity contribution in [1.29, 1.82) is 0 Å². The third kappa shape index (κ3) is 6.52. The normalized spacial score (nSPS) is 19.4. The number of nitrogens with zero attached hydrogens (tertiary/aromatic N) is 7. The monoisotopic (exact) mass is 817 g/mol. The maximum atomic E-state index is 13.8. The van der Waals surface area contributed by atoms with Gasteiger partial charge in [0.2, 0.25) is 11.8 Å². The van der Waals surface area contributed by atoms with Crippen molar-refractivity contribution in [1.82, 2.24) is 24.5 Å². The number of hydrogen-bond acceptors (Lipinski definition) is 13. The molecule has 0 spiro atoms. The summed E-state index contributed by atoms with van der Waals surface area (Å²) in [6, 6.07) is 11.2. The van der Waals surface area contributed by atoms with Crippen LogP contribution in [0.2, 0.25) is 0 Å². The SMILES string of the molecule is CN(CCCN1C(=O)CCC(N2C(=O)c3cccc4cc([N+](=O)[O-])cc(c34)C2=O)C1=O)CCCN1C(=O)CCC(N2C(=O)c3cccc4cc([N+](=O)[O-])cc(c34)C2=O)C1=O. The largest absolute Gasteiger partial charge is 0.306 e. The minimum atomic E-state index is -1.30. The van der Waals surface area contributed by atoms with Crippen LogP contribution < -0.4 is 0 Å². The minimum Gasteiger partial charge on any atom is -0.306 e. The molecule has 0 bridgehead atoms. The Kier molecular flexibility index (Phi) is 9.98. The summed E-state index contributed by atoms with van der Waals surface area (Å²) in [6.07, 6.45) is 0.146. The zero-order valence-electron chi connectivity index (χ0n) is 32.0. The molecular weight excluding hydrogens is 782 g/mol. The predicted molar refractivity (Wildman–Crippen MR) is 208 cm³/mol. The highest BCUT2D eigenvalue weighted by Gasteiger charge is 2.47. The lowest BCUT2D eigenvalue weighted by atomic mass is 9.91. The lowest BCUT2D eigenvalue weighted by Gasteiger charge is -2.38. The van der Waals surface area contributed by atoms with Gasteiger partial charge >= 0.3 is 0 Å². The molecule has 0 N–H and O–H groups in total. The first-order chi connectivity index (χ1) is 28.7. The first-order valence-corrected chi connectivity index (χ1v) is 19.2. The van der Waals surface area contributed by atoms with E-state index in [1.807, 2.05) is 4.90 Å². The minimum absolute atomic E-state index is 0.0327. The fourth-order valence-corrected chi connectivity index (χ4v) is 8.70. The highest BCUT2D eigenvalue weighted by molar-refractivity contribution is 6.28. The second-order valence-electron chi connectivity index (χ2n) is 15.2. The number of non-ortho nitro benzene ring substituents is 2. The second-order valence-corrected chi connectivity index (χ2v) is 15.2. The van der Waals surface area contributed by atoms with Crippen molar-refractivity contribution in [3.05, 3.63) is 103 Å². The molecule has 4 aromatic carbocycles. The molecule has 4 aromatic rings. The van der Waals surface area contributed by atoms with Crippen LogP contribution in [0.3, 0.4) is 0 Å². The summed E-state index contributed by atoms with van der Waals surface area (Å²) < 4.78 is 0. The molecule has 0 saturated carbocycles. The Morgan fingerprint density at radius 1 is 0.583 bits per heavy atom. The number of likely N-dealkylation sites (tertiary alicyclic amines) is 2. The molecule has 4 heterocycles. The van der Waals surface area contributed by atoms with Crippen molar-refractivity contribution in [3.63, 3.8) is 0 Å². The molecule has 2 unspecified atom stereocenters. The molecule has 0 aliphatic carbocycles. The molecule has 4 aliphatic heterocycles. The van der Waals surface area contributed by atoms with Crippen LogP contribution in [0.5, 0.6) is 0 Å². The molecule has 2 saturated heterocycles. The number of piperidine rings is 2. The Labute approximate surface area is 339 Å². The first-order valence-electron chi connectivity index (χ1n) is 19.2. The molecule has 8 rings (SSSR count). The summed E-state index contributed by atoms with van der Waals surface area (Å²) in [4.78, 5) is 136. The quantitative estimate of drug-likeness (QED) is 0.113. The van der Waals surface area contributed by atoms with E-state index >= 15 is 0 Å². The van der Waals surface area contributed by atoms with Gasteiger partial charge in [-0.3, -0.25) is 78.2 Å². The van der Waals surface area contributed by atoms with Crippen molar-refractivity contribution in [2.24, 2.45) is 0 Å². The van der Waals surface area contributed by atoms with E-state index in [9.17, 15) is 58.6 Å². The molecule has 0 radical (unpaired) electrons. The Hall–Kier alpha value is -7.28. The maximum absolute atomic E-state index is 13.8. The zero-order chi connectivity index (χ0) is 42.7. The number of benzene rings is 4. The van der Waals surface area contributed by atoms with E-state index in [0.29, 0.717) is 36.7 Å². The van der Waals surface area contributed by atoms with Crippen LogP contribution in [0.25, 0.3) is 21.5 Å². The van der Waals surface area contributed by atoms with Crippen LogP contribution in [0.15, 0.2) is 60.7 Å². The van der Waals surface area contributed by atoms with Crippen LogP contribution in [-0.2, 0) is 19.2 Å². The average molecular weight is 818 g/mol. The number of hydrogen-bond donors (Lipinski definition) is 0. The smallest absolute Gasteiger partial charge is 0.270 e. The third-order valence-corrected chi connectivity index (χ3v) is 11.6. The van der Waals surface area contributed by atoms with Crippen LogP contribution in [0, 0.1) is 20.2 Å². The van der Waals surface area contributed by atoms with E-state index < -0.39 is 69.2 Å². The van der Waals surface area contributed by atoms with E-state index in [1.54, 1.807) is 19.2 Å². The van der Waals surface area contributed by atoms with E-state index in [0.717, 1.165) is 31.7 Å². The van der Waals surface area contributed by atoms with Crippen LogP contribution >= 0.6 is 0 Å². The number of imide groups is 4. The number of nitro groups is 2. The van der Waals surface area contributed by atoms with Crippen molar-refractivity contribution >= 4 is 80.2 Å². The van der Waals surface area contributed by atoms with Gasteiger partial charge in [0.25, 0.3) is 46.8 Å². The summed E-state index contributed by atoms with van der Waals surface area (Å²) in [7, 11) is 1.76. The Morgan fingerprint density at radius 3 is 1.35 bits per heavy atom. The number of rotatable bonds is 12. The number of carbonyl (C=O) groups is 8. The van der Waals surface area contributed by atoms with Crippen molar-refractivity contribution in [2.75, 3.05) is 33.2 Å². The summed E-state index contributed by atoms with van der Waals surface area (Å²) in [5.74, 6) is -5.63. The predicted octanol–water partition coefficient (Wildman–Crippen LogP) is 3.45. The fourth-order valence-electron chi connectivity index (χ4n) is 8.70. The molecule has 2 fully saturated rings. The standard InChI is InChI=1S/C41H35N7O12/c1-42(14-4-16-43-32(49)12-10-30(40(43)55)45-36(51)26-8-2-6-22-18-24(47(57)58)20-28(34(22)26)38(45)53)15-5-17-44-33(50)13-11-31(41(44)56)46-37(52)27-9-3-7-23-19-25(48(59)60)21-29(35(23)27)39(46)54/h2-3,6-9,18-21,30-31H,4-5,10-17H2,1H3. The topological polar surface area (TPSA) is 239 Å². The van der Waals surface area contributed by atoms with Gasteiger partial charge in [0.05, 0.1) is 21.0 Å². The van der Waals surface area contributed by atoms with Gasteiger partial charge in [-0.05, 0) is 68.7 Å². The average Bonchev–Trinajstić information content (AvgIpc) is 3.22. The lowest BCUT2D eigenvalue weighted by molar-refractivity contribution is -0.384. The molecule has 4 aliphatic rings. The highest BCUT2D eigenvalue weighted by atomic mass is 16.6. The number of amides is 8. The lowest BCUT2D eigenvalue weighted by Crippen LogP contribution is -2.58. The van der Waals surface area contributed by atoms with Gasteiger partial charge in [-0.25, -0.2) is 0 Å². The van der Waals surface area contributed by atoms with E-state index in [4.69, 9.17) is 0 Å². The molecule has 19 heteroatoms. The van der Waals surface area contributed by atoms with Crippen LogP contribution in [0.1, 0.15) is 80.0 Å². The zero-order valence-corrected chi connectivity index (χ0v) is 32.0. The second kappa shape index (κ2) is 15.1. The van der Waals surface area contributed by atoms with Crippen molar-refractivity contribution < 1.29 is 48.2 Å². The molecule has 19 nitrogen and oxygen atoms in total. The molecular formula is C41H35N7O12. The summed E-state index contributed by atoms with van der Waals surface area (Å²) >= 11 is 0. The first kappa shape index (κ1) is 39.5. The van der Waals surface area contributed by atoms with Crippen LogP contribution in [0.4, 0.5) is 11.4 Å². The Balaban J connectivity index is 0.879. The fraction of sp³-hybridized carbons (Fsp3) is 0.317. The summed E-state index contributed by atoms with van der Waals surface area (Å²) in [5, 5.41) is 24.4. The van der Waals surface area contributed by atoms with Gasteiger partial charge in [-0.15, -0.1) is 0 Å². The van der Waals surface area contributed by atoms with E-state index in [1.165, 1.54) is 36.4 Å². The summed E-state index contributed by atoms with van der Waals surface area (Å²) in [5.41, 5.74) is -0.633. The highest BCUT2D eigenvalue weighted by Crippen LogP contribution is 2.37. The summed E-state index contributed by atoms with van der Waals surface area (Å²) in [6.45, 7) is 0.658. The van der Waals surface area contributed by atoms with Gasteiger partial charge in [-0.1, -0.05) is 24.3 Å². The Bertz CT molecular complexity index is 2480. The molecule has 0 aromatic heterocycles. The van der Waals surface area contributed by atoms with Crippen molar-refractivity contribution in [2.45, 2.75) is 50.6 Å². The number of nitro benzene ring substituents is 2. The van der Waals surface area contributed by atoms with Crippen molar-refractivity contribution in [3.8, 4) is 0 Å². The Morgan fingerprint density at radius 2 is 0.967 bits per heavy atom. The molecule has 8 amide bonds. The molecule has 2 atom stereocenters. The van der Waals surface area contributed by atoms with Gasteiger partial charge < -0.3 is 4.90 Å². The van der Waals surface area contributed by atoms with E-state index in [2.05, 4.69) is 0 Å².